The molecule has 0 aliphatic heterocycles. The number of nitrogens with zero attached hydrogens (tertiary/aromatic N) is 1. The summed E-state index contributed by atoms with van der Waals surface area (Å²) in [4.78, 5) is 4.29. The Balaban J connectivity index is 2.28. The Kier molecular flexibility index (Phi) is 2.90. The molecule has 1 unspecified atom stereocenters. The summed E-state index contributed by atoms with van der Waals surface area (Å²) < 4.78 is 26.2. The molecule has 1 atom stereocenters. The number of hydrogen-bond donors (Lipinski definition) is 1. The number of aromatic nitrogens is 1. The van der Waals surface area contributed by atoms with Gasteiger partial charge in [0.15, 0.2) is 0 Å². The Morgan fingerprint density at radius 2 is 2.12 bits per heavy atom. The molecule has 0 radical (unpaired) electrons. The largest absolute Gasteiger partial charge is 0.320 e. The van der Waals surface area contributed by atoms with Crippen molar-refractivity contribution in [2.24, 2.45) is 5.73 Å². The number of hydrogen-bond acceptors (Lipinski definition) is 3. The number of rotatable bonds is 3. The van der Waals surface area contributed by atoms with E-state index in [4.69, 9.17) is 5.73 Å². The van der Waals surface area contributed by atoms with E-state index in [-0.39, 0.29) is 6.42 Å². The lowest BCUT2D eigenvalue weighted by Gasteiger charge is -2.21. The van der Waals surface area contributed by atoms with Crippen LogP contribution in [-0.2, 0) is 6.42 Å². The molecular weight excluding hydrogens is 230 g/mol. The van der Waals surface area contributed by atoms with Gasteiger partial charge in [-0.15, -0.1) is 11.3 Å². The standard InChI is InChI=1S/C11H12F2N2S/c1-11(14,10(12)13)6-9-15-7-4-2-3-5-8(7)16-9/h2-5,10H,6,14H2,1H3. The summed E-state index contributed by atoms with van der Waals surface area (Å²) in [5.74, 6) is 0. The van der Waals surface area contributed by atoms with Gasteiger partial charge in [-0.05, 0) is 19.1 Å². The van der Waals surface area contributed by atoms with E-state index in [0.29, 0.717) is 5.01 Å². The normalized spacial score (nSPS) is 15.6. The second-order valence-electron chi connectivity index (χ2n) is 4.06. The average Bonchev–Trinajstić information content (AvgIpc) is 2.58. The highest BCUT2D eigenvalue weighted by Crippen LogP contribution is 2.26. The zero-order valence-electron chi connectivity index (χ0n) is 8.78. The minimum atomic E-state index is -2.54. The van der Waals surface area contributed by atoms with Gasteiger partial charge < -0.3 is 5.73 Å². The second-order valence-corrected chi connectivity index (χ2v) is 5.17. The molecule has 2 nitrogen and oxygen atoms in total. The molecule has 5 heteroatoms. The first kappa shape index (κ1) is 11.4. The molecule has 0 aliphatic carbocycles. The molecule has 0 saturated heterocycles. The van der Waals surface area contributed by atoms with Crippen molar-refractivity contribution in [2.45, 2.75) is 25.3 Å². The fraction of sp³-hybridized carbons (Fsp3) is 0.364. The second kappa shape index (κ2) is 4.07. The first-order valence-corrected chi connectivity index (χ1v) is 5.72. The van der Waals surface area contributed by atoms with Crippen molar-refractivity contribution in [1.82, 2.24) is 4.98 Å². The minimum Gasteiger partial charge on any atom is -0.320 e. The van der Waals surface area contributed by atoms with E-state index >= 15 is 0 Å². The predicted octanol–water partition coefficient (Wildman–Crippen LogP) is 2.82. The van der Waals surface area contributed by atoms with E-state index in [9.17, 15) is 8.78 Å². The third-order valence-electron chi connectivity index (χ3n) is 2.37. The molecule has 0 aliphatic rings. The maximum Gasteiger partial charge on any atom is 0.256 e. The quantitative estimate of drug-likeness (QED) is 0.898. The van der Waals surface area contributed by atoms with Crippen molar-refractivity contribution in [1.29, 1.82) is 0 Å². The molecule has 1 heterocycles. The molecule has 2 rings (SSSR count). The monoisotopic (exact) mass is 242 g/mol. The van der Waals surface area contributed by atoms with E-state index in [0.717, 1.165) is 10.2 Å². The highest BCUT2D eigenvalue weighted by atomic mass is 32.1. The molecule has 2 aromatic rings. The van der Waals surface area contributed by atoms with Gasteiger partial charge in [0.05, 0.1) is 20.8 Å². The Labute approximate surface area is 96.1 Å². The van der Waals surface area contributed by atoms with Crippen LogP contribution in [0.3, 0.4) is 0 Å². The SMILES string of the molecule is CC(N)(Cc1nc2ccccc2s1)C(F)F. The van der Waals surface area contributed by atoms with Crippen LogP contribution in [0.2, 0.25) is 0 Å². The van der Waals surface area contributed by atoms with Gasteiger partial charge in [0.2, 0.25) is 0 Å². The minimum absolute atomic E-state index is 0.101. The zero-order valence-corrected chi connectivity index (χ0v) is 9.60. The highest BCUT2D eigenvalue weighted by molar-refractivity contribution is 7.18. The van der Waals surface area contributed by atoms with E-state index in [1.807, 2.05) is 24.3 Å². The number of alkyl halides is 2. The lowest BCUT2D eigenvalue weighted by Crippen LogP contribution is -2.45. The first-order valence-electron chi connectivity index (χ1n) is 4.90. The number of thiazole rings is 1. The van der Waals surface area contributed by atoms with Crippen molar-refractivity contribution in [3.05, 3.63) is 29.3 Å². The fourth-order valence-electron chi connectivity index (χ4n) is 1.40. The van der Waals surface area contributed by atoms with Crippen LogP contribution < -0.4 is 5.73 Å². The lowest BCUT2D eigenvalue weighted by molar-refractivity contribution is 0.0639. The number of fused-ring (bicyclic) bond motifs is 1. The first-order chi connectivity index (χ1) is 7.49. The Hall–Kier alpha value is -1.07. The molecule has 2 N–H and O–H groups in total. The predicted molar refractivity (Wildman–Crippen MR) is 61.9 cm³/mol. The van der Waals surface area contributed by atoms with Crippen LogP contribution in [0.5, 0.6) is 0 Å². The summed E-state index contributed by atoms with van der Waals surface area (Å²) in [6.07, 6.45) is -2.44. The number of halogens is 2. The van der Waals surface area contributed by atoms with Crippen LogP contribution in [0, 0.1) is 0 Å². The summed E-state index contributed by atoms with van der Waals surface area (Å²) in [6.45, 7) is 1.35. The average molecular weight is 242 g/mol. The van der Waals surface area contributed by atoms with Gasteiger partial charge in [-0.1, -0.05) is 12.1 Å². The summed E-state index contributed by atoms with van der Waals surface area (Å²) in [5, 5.41) is 0.659. The topological polar surface area (TPSA) is 38.9 Å². The van der Waals surface area contributed by atoms with Crippen molar-refractivity contribution in [2.75, 3.05) is 0 Å². The van der Waals surface area contributed by atoms with Crippen LogP contribution in [0.1, 0.15) is 11.9 Å². The van der Waals surface area contributed by atoms with Crippen molar-refractivity contribution < 1.29 is 8.78 Å². The molecule has 0 spiro atoms. The van der Waals surface area contributed by atoms with Gasteiger partial charge in [-0.25, -0.2) is 13.8 Å². The maximum absolute atomic E-state index is 12.6. The molecule has 1 aromatic heterocycles. The molecule has 0 bridgehead atoms. The highest BCUT2D eigenvalue weighted by Gasteiger charge is 2.31. The van der Waals surface area contributed by atoms with E-state index in [1.54, 1.807) is 0 Å². The van der Waals surface area contributed by atoms with Crippen molar-refractivity contribution in [3.63, 3.8) is 0 Å². The third-order valence-corrected chi connectivity index (χ3v) is 3.41. The van der Waals surface area contributed by atoms with E-state index in [2.05, 4.69) is 4.98 Å². The van der Waals surface area contributed by atoms with Crippen molar-refractivity contribution in [3.8, 4) is 0 Å². The number of nitrogens with two attached hydrogens (primary N) is 1. The Morgan fingerprint density at radius 1 is 1.44 bits per heavy atom. The van der Waals surface area contributed by atoms with Crippen LogP contribution in [0.15, 0.2) is 24.3 Å². The maximum atomic E-state index is 12.6. The number of benzene rings is 1. The summed E-state index contributed by atoms with van der Waals surface area (Å²) >= 11 is 1.42. The van der Waals surface area contributed by atoms with Crippen LogP contribution in [-0.4, -0.2) is 16.9 Å². The van der Waals surface area contributed by atoms with Gasteiger partial charge in [-0.3, -0.25) is 0 Å². The Bertz CT molecular complexity index is 460. The van der Waals surface area contributed by atoms with Crippen LogP contribution >= 0.6 is 11.3 Å². The fourth-order valence-corrected chi connectivity index (χ4v) is 2.54. The Morgan fingerprint density at radius 3 is 2.75 bits per heavy atom. The van der Waals surface area contributed by atoms with Gasteiger partial charge in [0.1, 0.15) is 0 Å². The molecule has 0 fully saturated rings. The molecule has 16 heavy (non-hydrogen) atoms. The van der Waals surface area contributed by atoms with E-state index in [1.165, 1.54) is 18.3 Å². The molecule has 1 aromatic carbocycles. The van der Waals surface area contributed by atoms with E-state index < -0.39 is 12.0 Å². The summed E-state index contributed by atoms with van der Waals surface area (Å²) in [5.41, 5.74) is 4.86. The van der Waals surface area contributed by atoms with Gasteiger partial charge in [-0.2, -0.15) is 0 Å². The van der Waals surface area contributed by atoms with Crippen LogP contribution in [0.25, 0.3) is 10.2 Å². The molecule has 0 amide bonds. The summed E-state index contributed by atoms with van der Waals surface area (Å²) in [7, 11) is 0. The smallest absolute Gasteiger partial charge is 0.256 e. The van der Waals surface area contributed by atoms with Gasteiger partial charge >= 0.3 is 0 Å². The van der Waals surface area contributed by atoms with Gasteiger partial charge in [0, 0.05) is 6.42 Å². The molecule has 86 valence electrons. The zero-order chi connectivity index (χ0) is 11.8. The lowest BCUT2D eigenvalue weighted by atomic mass is 10.0. The number of para-hydroxylation sites is 1. The molecule has 0 saturated carbocycles. The van der Waals surface area contributed by atoms with Gasteiger partial charge in [0.25, 0.3) is 6.43 Å². The third kappa shape index (κ3) is 2.20. The van der Waals surface area contributed by atoms with Crippen molar-refractivity contribution >= 4 is 21.6 Å². The summed E-state index contributed by atoms with van der Waals surface area (Å²) in [6, 6.07) is 7.57. The van der Waals surface area contributed by atoms with Crippen LogP contribution in [0.4, 0.5) is 8.78 Å². The molecular formula is C11H12F2N2S.